The van der Waals surface area contributed by atoms with E-state index in [-0.39, 0.29) is 10.7 Å². The molecule has 1 aliphatic rings. The van der Waals surface area contributed by atoms with Crippen LogP contribution >= 0.6 is 38.5 Å². The summed E-state index contributed by atoms with van der Waals surface area (Å²) in [6.45, 7) is 0. The smallest absolute Gasteiger partial charge is 0.228 e. The third-order valence-corrected chi connectivity index (χ3v) is 4.99. The van der Waals surface area contributed by atoms with Gasteiger partial charge in [0.25, 0.3) is 0 Å². The number of alkyl halides is 1. The van der Waals surface area contributed by atoms with Crippen molar-refractivity contribution in [1.82, 2.24) is 0 Å². The molecule has 2 nitrogen and oxygen atoms in total. The molecule has 4 heteroatoms. The molecule has 1 atom stereocenters. The van der Waals surface area contributed by atoms with Crippen LogP contribution < -0.4 is 5.32 Å². The Hall–Kier alpha value is -0.880. The van der Waals surface area contributed by atoms with Crippen molar-refractivity contribution in [2.45, 2.75) is 11.2 Å². The maximum Gasteiger partial charge on any atom is 0.228 e. The van der Waals surface area contributed by atoms with Gasteiger partial charge in [0.15, 0.2) is 0 Å². The lowest BCUT2D eigenvalue weighted by Gasteiger charge is -2.12. The van der Waals surface area contributed by atoms with Gasteiger partial charge in [-0.25, -0.2) is 0 Å². The lowest BCUT2D eigenvalue weighted by Crippen LogP contribution is -2.03. The number of halogens is 2. The molecule has 3 rings (SSSR count). The number of hydrogen-bond acceptors (Lipinski definition) is 1. The Kier molecular flexibility index (Phi) is 3.62. The molecule has 0 fully saturated rings. The monoisotopic (exact) mass is 427 g/mol. The van der Waals surface area contributed by atoms with E-state index in [0.29, 0.717) is 6.42 Å². The first-order valence-electron chi connectivity index (χ1n) is 5.96. The van der Waals surface area contributed by atoms with Crippen molar-refractivity contribution in [3.05, 3.63) is 62.7 Å². The maximum absolute atomic E-state index is 11.4. The molecule has 2 aromatic carbocycles. The molecular formula is C15H11BrINO. The van der Waals surface area contributed by atoms with E-state index >= 15 is 0 Å². The van der Waals surface area contributed by atoms with Crippen molar-refractivity contribution in [2.75, 3.05) is 5.32 Å². The Bertz CT molecular complexity index is 639. The van der Waals surface area contributed by atoms with Gasteiger partial charge >= 0.3 is 0 Å². The normalized spacial score (nSPS) is 14.9. The van der Waals surface area contributed by atoms with Crippen LogP contribution in [0.2, 0.25) is 0 Å². The van der Waals surface area contributed by atoms with E-state index in [4.69, 9.17) is 0 Å². The minimum atomic E-state index is 0.0764. The summed E-state index contributed by atoms with van der Waals surface area (Å²) in [7, 11) is 0. The maximum atomic E-state index is 11.4. The van der Waals surface area contributed by atoms with Crippen LogP contribution in [0.4, 0.5) is 5.69 Å². The van der Waals surface area contributed by atoms with Crippen LogP contribution in [0.15, 0.2) is 42.5 Å². The van der Waals surface area contributed by atoms with Gasteiger partial charge in [-0.05, 0) is 57.5 Å². The largest absolute Gasteiger partial charge is 0.326 e. The average molecular weight is 428 g/mol. The summed E-state index contributed by atoms with van der Waals surface area (Å²) in [4.78, 5) is 11.5. The molecule has 0 spiro atoms. The van der Waals surface area contributed by atoms with E-state index in [1.54, 1.807) is 0 Å². The second-order valence-corrected chi connectivity index (χ2v) is 6.72. The van der Waals surface area contributed by atoms with Crippen molar-refractivity contribution in [2.24, 2.45) is 0 Å². The Morgan fingerprint density at radius 1 is 1.11 bits per heavy atom. The number of carbonyl (C=O) groups excluding carboxylic acids is 1. The SMILES string of the molecule is O=C1Cc2cc(C(Br)c3ccc(I)cc3)ccc2N1. The van der Waals surface area contributed by atoms with Crippen LogP contribution in [0.25, 0.3) is 0 Å². The zero-order valence-corrected chi connectivity index (χ0v) is 13.7. The number of carbonyl (C=O) groups is 1. The highest BCUT2D eigenvalue weighted by molar-refractivity contribution is 14.1. The molecular weight excluding hydrogens is 417 g/mol. The van der Waals surface area contributed by atoms with E-state index in [1.165, 1.54) is 14.7 Å². The molecule has 0 aromatic heterocycles. The molecule has 1 N–H and O–H groups in total. The molecule has 1 unspecified atom stereocenters. The van der Waals surface area contributed by atoms with Gasteiger partial charge in [-0.2, -0.15) is 0 Å². The molecule has 0 saturated heterocycles. The fourth-order valence-electron chi connectivity index (χ4n) is 2.23. The van der Waals surface area contributed by atoms with Crippen molar-refractivity contribution in [3.8, 4) is 0 Å². The summed E-state index contributed by atoms with van der Waals surface area (Å²) in [5.41, 5.74) is 4.42. The van der Waals surface area contributed by atoms with Crippen LogP contribution in [-0.4, -0.2) is 5.91 Å². The van der Waals surface area contributed by atoms with Crippen LogP contribution in [0, 0.1) is 3.57 Å². The Morgan fingerprint density at radius 3 is 2.53 bits per heavy atom. The molecule has 0 aliphatic carbocycles. The fourth-order valence-corrected chi connectivity index (χ4v) is 3.18. The Labute approximate surface area is 133 Å². The summed E-state index contributed by atoms with van der Waals surface area (Å²) in [6, 6.07) is 14.6. The number of benzene rings is 2. The number of nitrogens with one attached hydrogen (secondary N) is 1. The van der Waals surface area contributed by atoms with Crippen LogP contribution in [0.3, 0.4) is 0 Å². The second kappa shape index (κ2) is 5.25. The summed E-state index contributed by atoms with van der Waals surface area (Å²) in [5, 5.41) is 2.86. The molecule has 96 valence electrons. The fraction of sp³-hybridized carbons (Fsp3) is 0.133. The Balaban J connectivity index is 1.92. The van der Waals surface area contributed by atoms with Gasteiger partial charge in [0.05, 0.1) is 11.2 Å². The van der Waals surface area contributed by atoms with Crippen molar-refractivity contribution in [3.63, 3.8) is 0 Å². The van der Waals surface area contributed by atoms with Crippen molar-refractivity contribution >= 4 is 50.1 Å². The van der Waals surface area contributed by atoms with Crippen LogP contribution in [0.5, 0.6) is 0 Å². The van der Waals surface area contributed by atoms with Gasteiger partial charge in [-0.3, -0.25) is 4.79 Å². The van der Waals surface area contributed by atoms with E-state index in [0.717, 1.165) is 11.3 Å². The standard InChI is InChI=1S/C15H11BrINO/c16-15(9-1-4-12(17)5-2-9)10-3-6-13-11(7-10)8-14(19)18-13/h1-7,15H,8H2,(H,18,19). The highest BCUT2D eigenvalue weighted by Gasteiger charge is 2.19. The van der Waals surface area contributed by atoms with Gasteiger partial charge in [-0.15, -0.1) is 0 Å². The predicted octanol–water partition coefficient (Wildman–Crippen LogP) is 4.27. The molecule has 1 amide bonds. The molecule has 19 heavy (non-hydrogen) atoms. The summed E-state index contributed by atoms with van der Waals surface area (Å²) < 4.78 is 1.23. The molecule has 0 radical (unpaired) electrons. The minimum absolute atomic E-state index is 0.0764. The number of anilines is 1. The first-order valence-corrected chi connectivity index (χ1v) is 7.95. The average Bonchev–Trinajstić information content (AvgIpc) is 2.77. The van der Waals surface area contributed by atoms with E-state index in [9.17, 15) is 4.79 Å². The van der Waals surface area contributed by atoms with Crippen LogP contribution in [-0.2, 0) is 11.2 Å². The van der Waals surface area contributed by atoms with Gasteiger partial charge in [0.1, 0.15) is 0 Å². The topological polar surface area (TPSA) is 29.1 Å². The molecule has 1 aliphatic heterocycles. The number of amides is 1. The van der Waals surface area contributed by atoms with E-state index in [1.807, 2.05) is 6.07 Å². The highest BCUT2D eigenvalue weighted by Crippen LogP contribution is 2.34. The summed E-state index contributed by atoms with van der Waals surface area (Å²) in [5.74, 6) is 0.0764. The van der Waals surface area contributed by atoms with Gasteiger partial charge < -0.3 is 5.32 Å². The quantitative estimate of drug-likeness (QED) is 0.562. The predicted molar refractivity (Wildman–Crippen MR) is 88.7 cm³/mol. The molecule has 0 saturated carbocycles. The number of hydrogen-bond donors (Lipinski definition) is 1. The van der Waals surface area contributed by atoms with Crippen molar-refractivity contribution < 1.29 is 4.79 Å². The molecule has 0 bridgehead atoms. The zero-order chi connectivity index (χ0) is 13.4. The van der Waals surface area contributed by atoms with Crippen molar-refractivity contribution in [1.29, 1.82) is 0 Å². The van der Waals surface area contributed by atoms with E-state index in [2.05, 4.69) is 80.2 Å². The first kappa shape index (κ1) is 13.1. The molecule has 1 heterocycles. The van der Waals surface area contributed by atoms with Gasteiger partial charge in [-0.1, -0.05) is 40.2 Å². The Morgan fingerprint density at radius 2 is 1.79 bits per heavy atom. The summed E-state index contributed by atoms with van der Waals surface area (Å²) in [6.07, 6.45) is 0.482. The minimum Gasteiger partial charge on any atom is -0.326 e. The number of rotatable bonds is 2. The lowest BCUT2D eigenvalue weighted by atomic mass is 10.0. The lowest BCUT2D eigenvalue weighted by molar-refractivity contribution is -0.115. The van der Waals surface area contributed by atoms with Crippen LogP contribution in [0.1, 0.15) is 21.5 Å². The third kappa shape index (κ3) is 2.69. The third-order valence-electron chi connectivity index (χ3n) is 3.21. The summed E-state index contributed by atoms with van der Waals surface area (Å²) >= 11 is 6.03. The zero-order valence-electron chi connectivity index (χ0n) is 9.99. The second-order valence-electron chi connectivity index (χ2n) is 4.56. The first-order chi connectivity index (χ1) is 9.13. The van der Waals surface area contributed by atoms with E-state index < -0.39 is 0 Å². The van der Waals surface area contributed by atoms with Gasteiger partial charge in [0, 0.05) is 9.26 Å². The number of fused-ring (bicyclic) bond motifs is 1. The highest BCUT2D eigenvalue weighted by atomic mass is 127. The molecule has 2 aromatic rings. The van der Waals surface area contributed by atoms with Gasteiger partial charge in [0.2, 0.25) is 5.91 Å².